The van der Waals surface area contributed by atoms with E-state index >= 15 is 0 Å². The predicted molar refractivity (Wildman–Crippen MR) is 61.2 cm³/mol. The summed E-state index contributed by atoms with van der Waals surface area (Å²) in [6, 6.07) is 0.608. The fourth-order valence-corrected chi connectivity index (χ4v) is 2.25. The molecule has 3 nitrogen and oxygen atoms in total. The predicted octanol–water partition coefficient (Wildman–Crippen LogP) is 1.59. The summed E-state index contributed by atoms with van der Waals surface area (Å²) < 4.78 is 39.7. The lowest BCUT2D eigenvalue weighted by Gasteiger charge is -2.34. The van der Waals surface area contributed by atoms with Crippen LogP contribution in [0.2, 0.25) is 0 Å². The lowest BCUT2D eigenvalue weighted by atomic mass is 10.0. The third kappa shape index (κ3) is 2.59. The highest BCUT2D eigenvalue weighted by molar-refractivity contribution is 5.37. The molecule has 1 aromatic carbocycles. The van der Waals surface area contributed by atoms with Crippen molar-refractivity contribution in [3.8, 4) is 5.75 Å². The molecule has 1 aliphatic rings. The van der Waals surface area contributed by atoms with E-state index in [4.69, 9.17) is 0 Å². The van der Waals surface area contributed by atoms with E-state index in [0.717, 1.165) is 6.07 Å². The smallest absolute Gasteiger partial charge is 0.134 e. The number of rotatable bonds is 3. The molecule has 18 heavy (non-hydrogen) atoms. The molecule has 2 N–H and O–H groups in total. The number of piperazine rings is 1. The van der Waals surface area contributed by atoms with Gasteiger partial charge in [0.05, 0.1) is 6.04 Å². The van der Waals surface area contributed by atoms with Gasteiger partial charge in [-0.2, -0.15) is 0 Å². The van der Waals surface area contributed by atoms with E-state index in [-0.39, 0.29) is 5.56 Å². The van der Waals surface area contributed by atoms with Crippen LogP contribution >= 0.6 is 0 Å². The van der Waals surface area contributed by atoms with Gasteiger partial charge in [0, 0.05) is 43.9 Å². The second kappa shape index (κ2) is 5.58. The standard InChI is InChI=1S/C12H15F3N2O/c13-7-10(17-3-1-16-2-4-17)12-9(15)5-8(14)6-11(12)18/h5-6,10,16,18H,1-4,7H2/t10-/m0/s1. The number of nitrogens with one attached hydrogen (secondary N) is 1. The van der Waals surface area contributed by atoms with Crippen molar-refractivity contribution >= 4 is 0 Å². The number of alkyl halides is 1. The Morgan fingerprint density at radius 3 is 2.50 bits per heavy atom. The van der Waals surface area contributed by atoms with Crippen LogP contribution < -0.4 is 5.32 Å². The number of benzene rings is 1. The van der Waals surface area contributed by atoms with Crippen molar-refractivity contribution in [3.05, 3.63) is 29.3 Å². The van der Waals surface area contributed by atoms with Crippen LogP contribution in [0.25, 0.3) is 0 Å². The normalized spacial score (nSPS) is 18.8. The van der Waals surface area contributed by atoms with Gasteiger partial charge < -0.3 is 10.4 Å². The molecular weight excluding hydrogens is 245 g/mol. The SMILES string of the molecule is Oc1cc(F)cc(F)c1[C@H](CF)N1CCNCC1. The molecule has 0 radical (unpaired) electrons. The van der Waals surface area contributed by atoms with Gasteiger partial charge in [-0.3, -0.25) is 4.90 Å². The van der Waals surface area contributed by atoms with Gasteiger partial charge in [-0.25, -0.2) is 13.2 Å². The number of aromatic hydroxyl groups is 1. The minimum absolute atomic E-state index is 0.166. The maximum absolute atomic E-state index is 13.7. The van der Waals surface area contributed by atoms with Gasteiger partial charge in [0.25, 0.3) is 0 Å². The number of hydrogen-bond donors (Lipinski definition) is 2. The van der Waals surface area contributed by atoms with E-state index in [1.54, 1.807) is 4.90 Å². The number of nitrogens with zero attached hydrogens (tertiary/aromatic N) is 1. The Balaban J connectivity index is 2.32. The Bertz CT molecular complexity index is 399. The molecular formula is C12H15F3N2O. The van der Waals surface area contributed by atoms with E-state index in [1.165, 1.54) is 0 Å². The van der Waals surface area contributed by atoms with Gasteiger partial charge in [-0.1, -0.05) is 0 Å². The van der Waals surface area contributed by atoms with Gasteiger partial charge in [0.1, 0.15) is 24.1 Å². The van der Waals surface area contributed by atoms with Crippen LogP contribution in [0.15, 0.2) is 12.1 Å². The van der Waals surface area contributed by atoms with Crippen LogP contribution in [-0.2, 0) is 0 Å². The molecule has 0 aliphatic carbocycles. The van der Waals surface area contributed by atoms with E-state index in [9.17, 15) is 18.3 Å². The highest BCUT2D eigenvalue weighted by Gasteiger charge is 2.27. The summed E-state index contributed by atoms with van der Waals surface area (Å²) in [4.78, 5) is 1.74. The third-order valence-electron chi connectivity index (χ3n) is 3.14. The van der Waals surface area contributed by atoms with Gasteiger partial charge in [0.15, 0.2) is 0 Å². The van der Waals surface area contributed by atoms with Crippen molar-refractivity contribution in [1.82, 2.24) is 10.2 Å². The molecule has 0 unspecified atom stereocenters. The lowest BCUT2D eigenvalue weighted by Crippen LogP contribution is -2.45. The lowest BCUT2D eigenvalue weighted by molar-refractivity contribution is 0.142. The van der Waals surface area contributed by atoms with Crippen molar-refractivity contribution in [2.75, 3.05) is 32.9 Å². The van der Waals surface area contributed by atoms with Crippen molar-refractivity contribution in [2.24, 2.45) is 0 Å². The molecule has 1 fully saturated rings. The molecule has 1 heterocycles. The molecule has 0 bridgehead atoms. The molecule has 1 aromatic rings. The molecule has 0 aromatic heterocycles. The number of phenols is 1. The van der Waals surface area contributed by atoms with Crippen LogP contribution in [-0.4, -0.2) is 42.9 Å². The summed E-state index contributed by atoms with van der Waals surface area (Å²) >= 11 is 0. The van der Waals surface area contributed by atoms with Crippen molar-refractivity contribution < 1.29 is 18.3 Å². The van der Waals surface area contributed by atoms with Crippen molar-refractivity contribution in [2.45, 2.75) is 6.04 Å². The highest BCUT2D eigenvalue weighted by Crippen LogP contribution is 2.32. The van der Waals surface area contributed by atoms with Crippen LogP contribution in [0.4, 0.5) is 13.2 Å². The van der Waals surface area contributed by atoms with Crippen LogP contribution in [0.3, 0.4) is 0 Å². The van der Waals surface area contributed by atoms with E-state index < -0.39 is 30.1 Å². The van der Waals surface area contributed by atoms with Crippen LogP contribution in [0.1, 0.15) is 11.6 Å². The molecule has 100 valence electrons. The molecule has 1 saturated heterocycles. The first kappa shape index (κ1) is 13.2. The summed E-state index contributed by atoms with van der Waals surface area (Å²) in [5, 5.41) is 12.7. The molecule has 1 atom stereocenters. The first-order valence-corrected chi connectivity index (χ1v) is 5.82. The molecule has 1 aliphatic heterocycles. The Morgan fingerprint density at radius 1 is 1.28 bits per heavy atom. The van der Waals surface area contributed by atoms with E-state index in [1.807, 2.05) is 0 Å². The Hall–Kier alpha value is -1.27. The van der Waals surface area contributed by atoms with Gasteiger partial charge in [0.2, 0.25) is 0 Å². The average Bonchev–Trinajstić information content (AvgIpc) is 2.34. The molecule has 0 saturated carbocycles. The van der Waals surface area contributed by atoms with Gasteiger partial charge >= 0.3 is 0 Å². The first-order valence-electron chi connectivity index (χ1n) is 5.82. The number of halogens is 3. The van der Waals surface area contributed by atoms with Gasteiger partial charge in [-0.15, -0.1) is 0 Å². The van der Waals surface area contributed by atoms with Crippen LogP contribution in [0.5, 0.6) is 5.75 Å². The monoisotopic (exact) mass is 260 g/mol. The minimum Gasteiger partial charge on any atom is -0.507 e. The zero-order valence-corrected chi connectivity index (χ0v) is 9.80. The first-order chi connectivity index (χ1) is 8.63. The fraction of sp³-hybridized carbons (Fsp3) is 0.500. The van der Waals surface area contributed by atoms with E-state index in [0.29, 0.717) is 32.2 Å². The average molecular weight is 260 g/mol. The fourth-order valence-electron chi connectivity index (χ4n) is 2.25. The molecule has 6 heteroatoms. The molecule has 2 rings (SSSR count). The van der Waals surface area contributed by atoms with Gasteiger partial charge in [-0.05, 0) is 0 Å². The Morgan fingerprint density at radius 2 is 1.94 bits per heavy atom. The quantitative estimate of drug-likeness (QED) is 0.866. The summed E-state index contributed by atoms with van der Waals surface area (Å²) in [6.45, 7) is 1.66. The second-order valence-electron chi connectivity index (χ2n) is 4.28. The van der Waals surface area contributed by atoms with Crippen molar-refractivity contribution in [1.29, 1.82) is 0 Å². The van der Waals surface area contributed by atoms with Crippen molar-refractivity contribution in [3.63, 3.8) is 0 Å². The summed E-state index contributed by atoms with van der Waals surface area (Å²) in [7, 11) is 0. The number of hydrogen-bond acceptors (Lipinski definition) is 3. The maximum Gasteiger partial charge on any atom is 0.134 e. The Kier molecular flexibility index (Phi) is 4.08. The zero-order valence-electron chi connectivity index (χ0n) is 9.80. The number of phenolic OH excluding ortho intramolecular Hbond substituents is 1. The Labute approximate surface area is 103 Å². The van der Waals surface area contributed by atoms with Crippen LogP contribution in [0, 0.1) is 11.6 Å². The summed E-state index contributed by atoms with van der Waals surface area (Å²) in [6.07, 6.45) is 0. The summed E-state index contributed by atoms with van der Waals surface area (Å²) in [5.41, 5.74) is -0.166. The third-order valence-corrected chi connectivity index (χ3v) is 3.14. The topological polar surface area (TPSA) is 35.5 Å². The van der Waals surface area contributed by atoms with E-state index in [2.05, 4.69) is 5.32 Å². The maximum atomic E-state index is 13.7. The molecule has 0 spiro atoms. The highest BCUT2D eigenvalue weighted by atomic mass is 19.1. The summed E-state index contributed by atoms with van der Waals surface area (Å²) in [5.74, 6) is -2.31. The zero-order chi connectivity index (χ0) is 13.1. The second-order valence-corrected chi connectivity index (χ2v) is 4.28. The largest absolute Gasteiger partial charge is 0.507 e. The molecule has 0 amide bonds. The minimum atomic E-state index is -0.909.